The average Bonchev–Trinajstić information content (AvgIpc) is 3.27. The number of carbonyl (C=O) groups is 1. The first-order valence-electron chi connectivity index (χ1n) is 8.98. The Bertz CT molecular complexity index is 1160. The predicted molar refractivity (Wildman–Crippen MR) is 131 cm³/mol. The molecule has 0 aliphatic carbocycles. The van der Waals surface area contributed by atoms with Crippen molar-refractivity contribution in [2.75, 3.05) is 6.54 Å². The molecule has 1 N–H and O–H groups in total. The number of carbonyl (C=O) groups excluding carboxylic acids is 1. The summed E-state index contributed by atoms with van der Waals surface area (Å²) in [6, 6.07) is 14.4. The lowest BCUT2D eigenvalue weighted by Crippen LogP contribution is -2.30. The SMILES string of the molecule is O=C1C(=Cc2cc(-c3ccc(Cl)cc3Cl)cs2)SC(=S)N1CCc1ccc(O)cc1. The van der Waals surface area contributed by atoms with Crippen molar-refractivity contribution in [2.45, 2.75) is 6.42 Å². The van der Waals surface area contributed by atoms with Crippen molar-refractivity contribution < 1.29 is 9.90 Å². The molecule has 0 saturated carbocycles. The van der Waals surface area contributed by atoms with Crippen molar-refractivity contribution in [3.63, 3.8) is 0 Å². The molecule has 2 aromatic carbocycles. The summed E-state index contributed by atoms with van der Waals surface area (Å²) in [7, 11) is 0. The number of rotatable bonds is 5. The van der Waals surface area contributed by atoms with Gasteiger partial charge in [-0.25, -0.2) is 0 Å². The van der Waals surface area contributed by atoms with Gasteiger partial charge in [0.15, 0.2) is 0 Å². The van der Waals surface area contributed by atoms with E-state index < -0.39 is 0 Å². The summed E-state index contributed by atoms with van der Waals surface area (Å²) in [5, 5.41) is 12.6. The first-order chi connectivity index (χ1) is 14.4. The molecule has 2 heterocycles. The topological polar surface area (TPSA) is 40.5 Å². The zero-order valence-corrected chi connectivity index (χ0v) is 19.4. The van der Waals surface area contributed by atoms with Gasteiger partial charge < -0.3 is 5.11 Å². The van der Waals surface area contributed by atoms with Crippen molar-refractivity contribution in [1.82, 2.24) is 4.90 Å². The Labute approximate surface area is 197 Å². The molecule has 0 unspecified atom stereocenters. The van der Waals surface area contributed by atoms with Crippen molar-refractivity contribution in [1.29, 1.82) is 0 Å². The van der Waals surface area contributed by atoms with E-state index in [0.717, 1.165) is 21.6 Å². The van der Waals surface area contributed by atoms with Gasteiger partial charge in [-0.3, -0.25) is 9.69 Å². The number of aromatic hydroxyl groups is 1. The molecule has 1 aliphatic rings. The number of phenols is 1. The summed E-state index contributed by atoms with van der Waals surface area (Å²) in [6.45, 7) is 0.503. The number of thioether (sulfide) groups is 1. The van der Waals surface area contributed by atoms with Gasteiger partial charge >= 0.3 is 0 Å². The monoisotopic (exact) mass is 491 g/mol. The molecule has 0 spiro atoms. The van der Waals surface area contributed by atoms with Crippen molar-refractivity contribution in [3.05, 3.63) is 79.3 Å². The third-order valence-electron chi connectivity index (χ3n) is 4.57. The van der Waals surface area contributed by atoms with Crippen LogP contribution in [0.15, 0.2) is 58.8 Å². The molecule has 0 bridgehead atoms. The molecule has 4 rings (SSSR count). The lowest BCUT2D eigenvalue weighted by Gasteiger charge is -2.14. The zero-order chi connectivity index (χ0) is 21.3. The van der Waals surface area contributed by atoms with Crippen LogP contribution in [0.1, 0.15) is 10.4 Å². The van der Waals surface area contributed by atoms with Crippen molar-refractivity contribution >= 4 is 74.8 Å². The van der Waals surface area contributed by atoms with Gasteiger partial charge in [0.1, 0.15) is 10.1 Å². The fourth-order valence-electron chi connectivity index (χ4n) is 3.02. The normalized spacial score (nSPS) is 15.4. The largest absolute Gasteiger partial charge is 0.508 e. The van der Waals surface area contributed by atoms with Gasteiger partial charge in [0.25, 0.3) is 5.91 Å². The minimum atomic E-state index is -0.0803. The highest BCUT2D eigenvalue weighted by Crippen LogP contribution is 2.37. The summed E-state index contributed by atoms with van der Waals surface area (Å²) >= 11 is 20.6. The van der Waals surface area contributed by atoms with Crippen LogP contribution in [0.2, 0.25) is 10.0 Å². The molecule has 1 amide bonds. The Morgan fingerprint density at radius 3 is 2.60 bits per heavy atom. The van der Waals surface area contributed by atoms with E-state index in [2.05, 4.69) is 0 Å². The lowest BCUT2D eigenvalue weighted by atomic mass is 10.1. The molecule has 3 aromatic rings. The van der Waals surface area contributed by atoms with E-state index in [9.17, 15) is 9.90 Å². The Morgan fingerprint density at radius 2 is 1.87 bits per heavy atom. The molecule has 1 fully saturated rings. The van der Waals surface area contributed by atoms with Crippen molar-refractivity contribution in [2.24, 2.45) is 0 Å². The molecular weight excluding hydrogens is 477 g/mol. The summed E-state index contributed by atoms with van der Waals surface area (Å²) < 4.78 is 0.558. The van der Waals surface area contributed by atoms with Crippen LogP contribution in [-0.2, 0) is 11.2 Å². The van der Waals surface area contributed by atoms with Gasteiger partial charge in [-0.05, 0) is 59.3 Å². The van der Waals surface area contributed by atoms with Crippen molar-refractivity contribution in [3.8, 4) is 16.9 Å². The number of hydrogen-bond acceptors (Lipinski definition) is 5. The van der Waals surface area contributed by atoms with Crippen LogP contribution >= 0.6 is 58.5 Å². The standard InChI is InChI=1S/C22H15Cl2NO2S3/c23-15-3-6-18(19(24)10-15)14-9-17(29-12-14)11-20-21(27)25(22(28)30-20)8-7-13-1-4-16(26)5-2-13/h1-6,9-12,26H,7-8H2. The van der Waals surface area contributed by atoms with Crippen LogP contribution in [0, 0.1) is 0 Å². The van der Waals surface area contributed by atoms with Crippen LogP contribution in [0.5, 0.6) is 5.75 Å². The van der Waals surface area contributed by atoms with Crippen LogP contribution in [0.25, 0.3) is 17.2 Å². The molecule has 30 heavy (non-hydrogen) atoms. The van der Waals surface area contributed by atoms with Gasteiger partial charge in [-0.1, -0.05) is 65.4 Å². The predicted octanol–water partition coefficient (Wildman–Crippen LogP) is 6.87. The molecule has 152 valence electrons. The first kappa shape index (κ1) is 21.4. The third kappa shape index (κ3) is 4.74. The number of benzene rings is 2. The highest BCUT2D eigenvalue weighted by Gasteiger charge is 2.31. The number of halogens is 2. The zero-order valence-electron chi connectivity index (χ0n) is 15.5. The number of thiocarbonyl (C=S) groups is 1. The van der Waals surface area contributed by atoms with Gasteiger partial charge in [0.05, 0.1) is 4.91 Å². The van der Waals surface area contributed by atoms with E-state index >= 15 is 0 Å². The number of nitrogens with zero attached hydrogens (tertiary/aromatic N) is 1. The number of thiophene rings is 1. The molecule has 8 heteroatoms. The molecule has 3 nitrogen and oxygen atoms in total. The fourth-order valence-corrected chi connectivity index (χ4v) is 5.75. The maximum absolute atomic E-state index is 12.8. The summed E-state index contributed by atoms with van der Waals surface area (Å²) in [6.07, 6.45) is 2.54. The van der Waals surface area contributed by atoms with Gasteiger partial charge in [0.2, 0.25) is 0 Å². The third-order valence-corrected chi connectivity index (χ3v) is 7.37. The highest BCUT2D eigenvalue weighted by atomic mass is 35.5. The molecule has 1 aliphatic heterocycles. The van der Waals surface area contributed by atoms with E-state index in [1.54, 1.807) is 40.5 Å². The summed E-state index contributed by atoms with van der Waals surface area (Å²) in [5.41, 5.74) is 2.92. The van der Waals surface area contributed by atoms with E-state index in [-0.39, 0.29) is 11.7 Å². The Morgan fingerprint density at radius 1 is 1.10 bits per heavy atom. The first-order valence-corrected chi connectivity index (χ1v) is 11.8. The van der Waals surface area contributed by atoms with Crippen LogP contribution in [0.3, 0.4) is 0 Å². The fraction of sp³-hybridized carbons (Fsp3) is 0.0909. The second-order valence-corrected chi connectivity index (χ2v) is 10.1. The van der Waals surface area contributed by atoms with E-state index in [0.29, 0.717) is 32.2 Å². The van der Waals surface area contributed by atoms with E-state index in [1.165, 1.54) is 11.8 Å². The van der Waals surface area contributed by atoms with Crippen LogP contribution < -0.4 is 0 Å². The van der Waals surface area contributed by atoms with Crippen LogP contribution in [-0.4, -0.2) is 26.8 Å². The summed E-state index contributed by atoms with van der Waals surface area (Å²) in [5.74, 6) is 0.144. The molecule has 1 aromatic heterocycles. The second kappa shape index (κ2) is 9.12. The summed E-state index contributed by atoms with van der Waals surface area (Å²) in [4.78, 5) is 16.0. The average molecular weight is 492 g/mol. The van der Waals surface area contributed by atoms with E-state index in [1.807, 2.05) is 35.7 Å². The minimum absolute atomic E-state index is 0.0803. The quantitative estimate of drug-likeness (QED) is 0.312. The Hall–Kier alpha value is -1.83. The van der Waals surface area contributed by atoms with E-state index in [4.69, 9.17) is 35.4 Å². The molecule has 1 saturated heterocycles. The van der Waals surface area contributed by atoms with Crippen LogP contribution in [0.4, 0.5) is 0 Å². The maximum atomic E-state index is 12.8. The van der Waals surface area contributed by atoms with Gasteiger partial charge in [0, 0.05) is 27.0 Å². The minimum Gasteiger partial charge on any atom is -0.508 e. The second-order valence-electron chi connectivity index (χ2n) is 6.61. The van der Waals surface area contributed by atoms with Gasteiger partial charge in [-0.15, -0.1) is 11.3 Å². The Balaban J connectivity index is 1.48. The highest BCUT2D eigenvalue weighted by molar-refractivity contribution is 8.26. The molecule has 0 radical (unpaired) electrons. The van der Waals surface area contributed by atoms with Gasteiger partial charge in [-0.2, -0.15) is 0 Å². The molecule has 0 atom stereocenters. The lowest BCUT2D eigenvalue weighted by molar-refractivity contribution is -0.122. The number of amides is 1. The number of phenolic OH excluding ortho intramolecular Hbond substituents is 1. The molecular formula is C22H15Cl2NO2S3. The Kier molecular flexibility index (Phi) is 6.51. The maximum Gasteiger partial charge on any atom is 0.266 e. The number of hydrogen-bond donors (Lipinski definition) is 1. The smallest absolute Gasteiger partial charge is 0.266 e.